The molecule has 2 rings (SSSR count). The van der Waals surface area contributed by atoms with Crippen LogP contribution in [0, 0.1) is 0 Å². The van der Waals surface area contributed by atoms with Gasteiger partial charge < -0.3 is 10.1 Å². The number of aromatic nitrogens is 2. The minimum atomic E-state index is -4.53. The third-order valence-corrected chi connectivity index (χ3v) is 4.34. The van der Waals surface area contributed by atoms with Crippen LogP contribution >= 0.6 is 15.9 Å². The molecule has 0 fully saturated rings. The van der Waals surface area contributed by atoms with E-state index in [9.17, 15) is 18.0 Å². The summed E-state index contributed by atoms with van der Waals surface area (Å²) in [6, 6.07) is 2.97. The van der Waals surface area contributed by atoms with Crippen molar-refractivity contribution >= 4 is 27.5 Å². The number of H-pyrrole nitrogens is 1. The number of aromatic amines is 1. The predicted molar refractivity (Wildman–Crippen MR) is 95.6 cm³/mol. The smallest absolute Gasteiger partial charge is 0.416 e. The quantitative estimate of drug-likeness (QED) is 0.644. The standard InChI is InChI=1S/C17H19BrF3N3O2/c1-4-7-26-12-6-5-10(17(19,20)21)8-11(12)22-16(25)15-13(18)14(9(2)3)23-24-15/h5-6,8-9H,4,7H2,1-3H3,(H,22,25)(H,23,24). The van der Waals surface area contributed by atoms with Crippen LogP contribution < -0.4 is 10.1 Å². The maximum Gasteiger partial charge on any atom is 0.416 e. The van der Waals surface area contributed by atoms with Crippen molar-refractivity contribution in [2.45, 2.75) is 39.3 Å². The number of ether oxygens (including phenoxy) is 1. The van der Waals surface area contributed by atoms with Crippen molar-refractivity contribution in [2.75, 3.05) is 11.9 Å². The molecule has 0 bridgehead atoms. The van der Waals surface area contributed by atoms with Gasteiger partial charge in [0.2, 0.25) is 0 Å². The van der Waals surface area contributed by atoms with E-state index in [0.29, 0.717) is 17.5 Å². The Bertz CT molecular complexity index is 788. The van der Waals surface area contributed by atoms with Crippen LogP contribution in [0.1, 0.15) is 54.9 Å². The van der Waals surface area contributed by atoms with Crippen molar-refractivity contribution in [3.05, 3.63) is 39.6 Å². The molecule has 0 saturated heterocycles. The van der Waals surface area contributed by atoms with Crippen LogP contribution in [0.4, 0.5) is 18.9 Å². The zero-order chi connectivity index (χ0) is 19.5. The molecule has 0 saturated carbocycles. The first-order chi connectivity index (χ1) is 12.1. The van der Waals surface area contributed by atoms with Crippen LogP contribution in [0.3, 0.4) is 0 Å². The topological polar surface area (TPSA) is 67.0 Å². The molecular weight excluding hydrogens is 415 g/mol. The summed E-state index contributed by atoms with van der Waals surface area (Å²) in [6.45, 7) is 6.03. The monoisotopic (exact) mass is 433 g/mol. The summed E-state index contributed by atoms with van der Waals surface area (Å²) in [5.74, 6) is -0.375. The summed E-state index contributed by atoms with van der Waals surface area (Å²) in [5, 5.41) is 9.17. The van der Waals surface area contributed by atoms with Crippen molar-refractivity contribution in [1.29, 1.82) is 0 Å². The molecule has 1 aromatic carbocycles. The lowest BCUT2D eigenvalue weighted by Crippen LogP contribution is -2.15. The van der Waals surface area contributed by atoms with E-state index in [-0.39, 0.29) is 23.0 Å². The van der Waals surface area contributed by atoms with Gasteiger partial charge in [-0.05, 0) is 46.5 Å². The van der Waals surface area contributed by atoms with E-state index in [0.717, 1.165) is 17.8 Å². The van der Waals surface area contributed by atoms with E-state index >= 15 is 0 Å². The second-order valence-corrected chi connectivity index (χ2v) is 6.76. The van der Waals surface area contributed by atoms with Gasteiger partial charge in [-0.2, -0.15) is 18.3 Å². The molecule has 0 spiro atoms. The van der Waals surface area contributed by atoms with Crippen molar-refractivity contribution in [3.63, 3.8) is 0 Å². The van der Waals surface area contributed by atoms with Gasteiger partial charge in [0.25, 0.3) is 5.91 Å². The zero-order valence-corrected chi connectivity index (χ0v) is 16.1. The van der Waals surface area contributed by atoms with Gasteiger partial charge in [0.15, 0.2) is 5.69 Å². The van der Waals surface area contributed by atoms with Crippen LogP contribution in [0.2, 0.25) is 0 Å². The van der Waals surface area contributed by atoms with Gasteiger partial charge in [-0.1, -0.05) is 20.8 Å². The Labute approximate surface area is 157 Å². The number of carbonyl (C=O) groups is 1. The molecule has 0 unspecified atom stereocenters. The maximum atomic E-state index is 13.0. The first-order valence-corrected chi connectivity index (χ1v) is 8.83. The number of alkyl halides is 3. The van der Waals surface area contributed by atoms with Crippen molar-refractivity contribution in [2.24, 2.45) is 0 Å². The molecule has 0 aliphatic heterocycles. The van der Waals surface area contributed by atoms with E-state index in [4.69, 9.17) is 4.74 Å². The van der Waals surface area contributed by atoms with Crippen LogP contribution in [0.15, 0.2) is 22.7 Å². The Kier molecular flexibility index (Phi) is 6.33. The molecule has 9 heteroatoms. The fraction of sp³-hybridized carbons (Fsp3) is 0.412. The van der Waals surface area contributed by atoms with E-state index in [1.165, 1.54) is 6.07 Å². The highest BCUT2D eigenvalue weighted by molar-refractivity contribution is 9.10. The Morgan fingerprint density at radius 1 is 1.38 bits per heavy atom. The van der Waals surface area contributed by atoms with Crippen LogP contribution in [-0.2, 0) is 6.18 Å². The Morgan fingerprint density at radius 2 is 2.08 bits per heavy atom. The second kappa shape index (κ2) is 8.11. The van der Waals surface area contributed by atoms with Crippen molar-refractivity contribution in [1.82, 2.24) is 10.2 Å². The Hall–Kier alpha value is -2.03. The number of benzene rings is 1. The number of rotatable bonds is 6. The fourth-order valence-corrected chi connectivity index (χ4v) is 3.01. The Balaban J connectivity index is 2.35. The molecule has 5 nitrogen and oxygen atoms in total. The van der Waals surface area contributed by atoms with Crippen LogP contribution in [0.25, 0.3) is 0 Å². The average molecular weight is 434 g/mol. The minimum Gasteiger partial charge on any atom is -0.491 e. The van der Waals surface area contributed by atoms with Crippen LogP contribution in [-0.4, -0.2) is 22.7 Å². The van der Waals surface area contributed by atoms with Crippen molar-refractivity contribution < 1.29 is 22.7 Å². The molecule has 0 radical (unpaired) electrons. The average Bonchev–Trinajstić information content (AvgIpc) is 2.94. The Morgan fingerprint density at radius 3 is 2.62 bits per heavy atom. The lowest BCUT2D eigenvalue weighted by Gasteiger charge is -2.15. The van der Waals surface area contributed by atoms with E-state index in [1.54, 1.807) is 0 Å². The maximum absolute atomic E-state index is 13.0. The lowest BCUT2D eigenvalue weighted by molar-refractivity contribution is -0.137. The van der Waals surface area contributed by atoms with E-state index < -0.39 is 17.6 Å². The van der Waals surface area contributed by atoms with E-state index in [2.05, 4.69) is 31.4 Å². The highest BCUT2D eigenvalue weighted by Gasteiger charge is 2.31. The first kappa shape index (κ1) is 20.3. The van der Waals surface area contributed by atoms with Gasteiger partial charge in [-0.25, -0.2) is 0 Å². The number of nitrogens with one attached hydrogen (secondary N) is 2. The predicted octanol–water partition coefficient (Wildman–Crippen LogP) is 5.36. The summed E-state index contributed by atoms with van der Waals surface area (Å²) >= 11 is 3.31. The van der Waals surface area contributed by atoms with Gasteiger partial charge in [0, 0.05) is 0 Å². The first-order valence-electron chi connectivity index (χ1n) is 8.04. The number of amides is 1. The fourth-order valence-electron chi connectivity index (χ4n) is 2.20. The van der Waals surface area contributed by atoms with Crippen LogP contribution in [0.5, 0.6) is 5.75 Å². The molecule has 142 valence electrons. The number of carbonyl (C=O) groups excluding carboxylic acids is 1. The van der Waals surface area contributed by atoms with Gasteiger partial charge in [-0.3, -0.25) is 9.89 Å². The lowest BCUT2D eigenvalue weighted by atomic mass is 10.1. The zero-order valence-electron chi connectivity index (χ0n) is 14.5. The number of hydrogen-bond acceptors (Lipinski definition) is 3. The van der Waals surface area contributed by atoms with Crippen molar-refractivity contribution in [3.8, 4) is 5.75 Å². The van der Waals surface area contributed by atoms with Gasteiger partial charge in [-0.15, -0.1) is 0 Å². The molecule has 2 N–H and O–H groups in total. The van der Waals surface area contributed by atoms with Gasteiger partial charge in [0.05, 0.1) is 28.0 Å². The SMILES string of the molecule is CCCOc1ccc(C(F)(F)F)cc1NC(=O)c1n[nH]c(C(C)C)c1Br. The third-order valence-electron chi connectivity index (χ3n) is 3.54. The molecule has 0 atom stereocenters. The molecule has 0 aliphatic rings. The molecule has 2 aromatic rings. The number of nitrogens with zero attached hydrogens (tertiary/aromatic N) is 1. The molecular formula is C17H19BrF3N3O2. The van der Waals surface area contributed by atoms with Gasteiger partial charge >= 0.3 is 6.18 Å². The molecule has 1 aromatic heterocycles. The molecule has 26 heavy (non-hydrogen) atoms. The van der Waals surface area contributed by atoms with E-state index in [1.807, 2.05) is 20.8 Å². The second-order valence-electron chi connectivity index (χ2n) is 5.97. The molecule has 0 aliphatic carbocycles. The number of anilines is 1. The highest BCUT2D eigenvalue weighted by Crippen LogP contribution is 2.35. The third kappa shape index (κ3) is 4.57. The summed E-state index contributed by atoms with van der Waals surface area (Å²) in [5.41, 5.74) is -0.144. The minimum absolute atomic E-state index is 0.0562. The summed E-state index contributed by atoms with van der Waals surface area (Å²) in [6.07, 6.45) is -3.85. The molecule has 1 amide bonds. The highest BCUT2D eigenvalue weighted by atomic mass is 79.9. The number of hydrogen-bond donors (Lipinski definition) is 2. The molecule has 1 heterocycles. The summed E-state index contributed by atoms with van der Waals surface area (Å²) in [7, 11) is 0. The number of halogens is 4. The van der Waals surface area contributed by atoms with Gasteiger partial charge in [0.1, 0.15) is 5.75 Å². The largest absolute Gasteiger partial charge is 0.491 e. The summed E-state index contributed by atoms with van der Waals surface area (Å²) < 4.78 is 44.9. The normalized spacial score (nSPS) is 11.7. The summed E-state index contributed by atoms with van der Waals surface area (Å²) in [4.78, 5) is 12.5.